The van der Waals surface area contributed by atoms with E-state index in [2.05, 4.69) is 45.0 Å². The topological polar surface area (TPSA) is 116 Å². The monoisotopic (exact) mass is 716 g/mol. The van der Waals surface area contributed by atoms with Crippen molar-refractivity contribution in [1.29, 1.82) is 0 Å². The van der Waals surface area contributed by atoms with Gasteiger partial charge in [-0.15, -0.1) is 0 Å². The van der Waals surface area contributed by atoms with Crippen molar-refractivity contribution in [2.45, 2.75) is 85.1 Å². The fraction of sp³-hybridized carbons (Fsp3) is 0.442. The van der Waals surface area contributed by atoms with Gasteiger partial charge in [0, 0.05) is 85.9 Å². The van der Waals surface area contributed by atoms with E-state index in [1.807, 2.05) is 50.2 Å². The van der Waals surface area contributed by atoms with Crippen molar-refractivity contribution in [2.24, 2.45) is 0 Å². The van der Waals surface area contributed by atoms with Gasteiger partial charge in [0.2, 0.25) is 0 Å². The summed E-state index contributed by atoms with van der Waals surface area (Å²) >= 11 is 0. The molecule has 52 heavy (non-hydrogen) atoms. The molecular formula is C43H56O9. The second kappa shape index (κ2) is 18.2. The van der Waals surface area contributed by atoms with E-state index in [1.165, 1.54) is 0 Å². The van der Waals surface area contributed by atoms with Crippen molar-refractivity contribution in [3.8, 4) is 17.2 Å². The van der Waals surface area contributed by atoms with Gasteiger partial charge in [-0.25, -0.2) is 0 Å². The molecule has 0 bridgehead atoms. The lowest BCUT2D eigenvalue weighted by Gasteiger charge is -2.35. The molecule has 9 heteroatoms. The number of phenols is 3. The summed E-state index contributed by atoms with van der Waals surface area (Å²) in [6.45, 7) is 12.8. The van der Waals surface area contributed by atoms with E-state index in [1.54, 1.807) is 28.4 Å². The van der Waals surface area contributed by atoms with E-state index in [4.69, 9.17) is 28.4 Å². The van der Waals surface area contributed by atoms with Gasteiger partial charge in [0.25, 0.3) is 0 Å². The van der Waals surface area contributed by atoms with Crippen molar-refractivity contribution in [2.75, 3.05) is 41.7 Å². The molecule has 0 aliphatic rings. The highest BCUT2D eigenvalue weighted by molar-refractivity contribution is 5.58. The van der Waals surface area contributed by atoms with E-state index in [0.717, 1.165) is 27.8 Å². The maximum Gasteiger partial charge on any atom is 0.126 e. The Bertz CT molecular complexity index is 1700. The summed E-state index contributed by atoms with van der Waals surface area (Å²) in [5.41, 5.74) is 7.71. The average Bonchev–Trinajstić information content (AvgIpc) is 3.13. The predicted molar refractivity (Wildman–Crippen MR) is 202 cm³/mol. The van der Waals surface area contributed by atoms with Crippen molar-refractivity contribution in [1.82, 2.24) is 0 Å². The summed E-state index contributed by atoms with van der Waals surface area (Å²) in [5, 5.41) is 33.4. The number of phenolic OH excluding ortho intramolecular Hbond substituents is 3. The number of hydrogen-bond donors (Lipinski definition) is 3. The molecule has 282 valence electrons. The first-order valence-corrected chi connectivity index (χ1v) is 17.7. The van der Waals surface area contributed by atoms with Crippen LogP contribution in [0.15, 0.2) is 60.7 Å². The Balaban J connectivity index is 1.98. The Morgan fingerprint density at radius 1 is 0.423 bits per heavy atom. The van der Waals surface area contributed by atoms with Crippen molar-refractivity contribution in [3.05, 3.63) is 122 Å². The molecular weight excluding hydrogens is 660 g/mol. The van der Waals surface area contributed by atoms with E-state index < -0.39 is 10.8 Å². The first kappa shape index (κ1) is 40.8. The van der Waals surface area contributed by atoms with Gasteiger partial charge in [0.1, 0.15) is 17.2 Å². The van der Waals surface area contributed by atoms with Crippen LogP contribution in [0.2, 0.25) is 0 Å². The SMILES string of the molecule is CCOCc1cc(C(C)(c2ccc(C(C)(C)c3cc(COC)c(O)c(COC)c3)cc2)c2cc(COC)c(O)c(COC)c2)cc(COCC)c1O. The third-order valence-corrected chi connectivity index (χ3v) is 9.99. The Morgan fingerprint density at radius 3 is 1.02 bits per heavy atom. The maximum atomic E-state index is 11.3. The Kier molecular flexibility index (Phi) is 14.3. The molecule has 0 spiro atoms. The zero-order valence-electron chi connectivity index (χ0n) is 32.2. The van der Waals surface area contributed by atoms with E-state index in [0.29, 0.717) is 46.6 Å². The lowest BCUT2D eigenvalue weighted by Crippen LogP contribution is -2.27. The quantitative estimate of drug-likeness (QED) is 0.0828. The molecule has 4 aromatic rings. The standard InChI is InChI=1S/C43H56O9/c1-10-51-26-32-20-38(21-33(41(32)46)27-52-11-2)43(5,37-18-30(24-49-8)40(45)31(19-37)25-50-9)35-14-12-34(13-15-35)42(3,4)36-16-28(22-47-6)39(44)29(17-36)23-48-7/h12-21,44-46H,10-11,22-27H2,1-9H3. The number of benzene rings is 4. The number of aromatic hydroxyl groups is 3. The number of hydrogen-bond acceptors (Lipinski definition) is 9. The highest BCUT2D eigenvalue weighted by Gasteiger charge is 2.35. The smallest absolute Gasteiger partial charge is 0.126 e. The minimum Gasteiger partial charge on any atom is -0.507 e. The summed E-state index contributed by atoms with van der Waals surface area (Å²) in [5.74, 6) is 0.483. The summed E-state index contributed by atoms with van der Waals surface area (Å²) in [6, 6.07) is 20.5. The van der Waals surface area contributed by atoms with Gasteiger partial charge in [-0.1, -0.05) is 38.1 Å². The minimum absolute atomic E-state index is 0.140. The fourth-order valence-corrected chi connectivity index (χ4v) is 6.81. The molecule has 4 aromatic carbocycles. The van der Waals surface area contributed by atoms with Gasteiger partial charge < -0.3 is 43.7 Å². The molecule has 3 N–H and O–H groups in total. The van der Waals surface area contributed by atoms with E-state index >= 15 is 0 Å². The predicted octanol–water partition coefficient (Wildman–Crippen LogP) is 8.14. The van der Waals surface area contributed by atoms with Crippen LogP contribution in [-0.2, 0) is 78.9 Å². The first-order chi connectivity index (χ1) is 24.9. The van der Waals surface area contributed by atoms with Crippen LogP contribution in [0.25, 0.3) is 0 Å². The molecule has 0 radical (unpaired) electrons. The summed E-state index contributed by atoms with van der Waals surface area (Å²) in [4.78, 5) is 0. The second-order valence-corrected chi connectivity index (χ2v) is 13.8. The van der Waals surface area contributed by atoms with Gasteiger partial charge in [0.05, 0.1) is 39.6 Å². The fourth-order valence-electron chi connectivity index (χ4n) is 6.81. The molecule has 1 atom stereocenters. The molecule has 0 heterocycles. The van der Waals surface area contributed by atoms with Crippen LogP contribution in [0.4, 0.5) is 0 Å². The zero-order chi connectivity index (χ0) is 38.1. The van der Waals surface area contributed by atoms with Gasteiger partial charge in [-0.2, -0.15) is 0 Å². The Hall–Kier alpha value is -3.96. The second-order valence-electron chi connectivity index (χ2n) is 13.8. The van der Waals surface area contributed by atoms with Crippen LogP contribution >= 0.6 is 0 Å². The highest BCUT2D eigenvalue weighted by atomic mass is 16.5. The third-order valence-electron chi connectivity index (χ3n) is 9.99. The molecule has 1 unspecified atom stereocenters. The van der Waals surface area contributed by atoms with Gasteiger partial charge in [-0.05, 0) is 85.0 Å². The molecule has 0 saturated carbocycles. The zero-order valence-corrected chi connectivity index (χ0v) is 32.2. The van der Waals surface area contributed by atoms with Crippen LogP contribution in [0.5, 0.6) is 17.2 Å². The van der Waals surface area contributed by atoms with Gasteiger partial charge >= 0.3 is 0 Å². The van der Waals surface area contributed by atoms with Crippen LogP contribution in [0.3, 0.4) is 0 Å². The molecule has 0 saturated heterocycles. The van der Waals surface area contributed by atoms with Crippen LogP contribution < -0.4 is 0 Å². The molecule has 0 aliphatic heterocycles. The maximum absolute atomic E-state index is 11.3. The lowest BCUT2D eigenvalue weighted by atomic mass is 9.68. The third kappa shape index (κ3) is 8.63. The van der Waals surface area contributed by atoms with Crippen LogP contribution in [0, 0.1) is 0 Å². The minimum atomic E-state index is -0.785. The Morgan fingerprint density at radius 2 is 0.712 bits per heavy atom. The van der Waals surface area contributed by atoms with E-state index in [9.17, 15) is 15.3 Å². The average molecular weight is 717 g/mol. The van der Waals surface area contributed by atoms with E-state index in [-0.39, 0.29) is 56.9 Å². The molecule has 0 amide bonds. The van der Waals surface area contributed by atoms with Crippen LogP contribution in [0.1, 0.15) is 95.8 Å². The molecule has 9 nitrogen and oxygen atoms in total. The summed E-state index contributed by atoms with van der Waals surface area (Å²) in [6.07, 6.45) is 0. The lowest BCUT2D eigenvalue weighted by molar-refractivity contribution is 0.126. The van der Waals surface area contributed by atoms with Gasteiger partial charge in [-0.3, -0.25) is 0 Å². The first-order valence-electron chi connectivity index (χ1n) is 17.7. The Labute approximate surface area is 309 Å². The number of rotatable bonds is 19. The van der Waals surface area contributed by atoms with Crippen LogP contribution in [-0.4, -0.2) is 57.0 Å². The largest absolute Gasteiger partial charge is 0.507 e. The number of methoxy groups -OCH3 is 4. The van der Waals surface area contributed by atoms with Crippen molar-refractivity contribution < 1.29 is 43.7 Å². The van der Waals surface area contributed by atoms with Crippen molar-refractivity contribution in [3.63, 3.8) is 0 Å². The van der Waals surface area contributed by atoms with Gasteiger partial charge in [0.15, 0.2) is 0 Å². The molecule has 0 aliphatic carbocycles. The molecule has 0 fully saturated rings. The normalized spacial score (nSPS) is 13.0. The molecule has 0 aromatic heterocycles. The van der Waals surface area contributed by atoms with Crippen molar-refractivity contribution >= 4 is 0 Å². The summed E-state index contributed by atoms with van der Waals surface area (Å²) < 4.78 is 33.5. The number of ether oxygens (including phenoxy) is 6. The molecule has 4 rings (SSSR count). The highest BCUT2D eigenvalue weighted by Crippen LogP contribution is 2.45. The summed E-state index contributed by atoms with van der Waals surface area (Å²) in [7, 11) is 6.43.